The summed E-state index contributed by atoms with van der Waals surface area (Å²) in [5, 5.41) is 13.3. The number of unbranched alkanes of at least 4 members (excludes halogenated alkanes) is 3. The van der Waals surface area contributed by atoms with Crippen LogP contribution in [0.1, 0.15) is 32.6 Å². The summed E-state index contributed by atoms with van der Waals surface area (Å²) < 4.78 is 4.16. The molecule has 0 unspecified atom stereocenters. The van der Waals surface area contributed by atoms with E-state index in [1.54, 1.807) is 0 Å². The highest BCUT2D eigenvalue weighted by atomic mass is 16.3. The van der Waals surface area contributed by atoms with Gasteiger partial charge in [0.25, 0.3) is 5.82 Å². The standard InChI is InChI=1S/C23H24N2O/c1-2-3-4-8-16-25-22(24-15-9-7-12-21(24)23(25)26)20-14-13-18-10-5-6-11-19(18)17-20/h5-7,9-15,17H,2-4,8,16H2,1H3/p+1. The van der Waals surface area contributed by atoms with Crippen LogP contribution in [-0.4, -0.2) is 9.51 Å². The van der Waals surface area contributed by atoms with E-state index in [1.807, 2.05) is 24.4 Å². The van der Waals surface area contributed by atoms with Gasteiger partial charge in [-0.25, -0.2) is 0 Å². The zero-order valence-electron chi connectivity index (χ0n) is 15.2. The van der Waals surface area contributed by atoms with Crippen molar-refractivity contribution in [3.63, 3.8) is 0 Å². The number of imidazole rings is 1. The molecule has 0 aliphatic carbocycles. The molecule has 0 bridgehead atoms. The molecule has 2 heterocycles. The van der Waals surface area contributed by atoms with Crippen molar-refractivity contribution in [3.05, 3.63) is 66.9 Å². The molecule has 0 saturated heterocycles. The Morgan fingerprint density at radius 3 is 2.54 bits per heavy atom. The average Bonchev–Trinajstić information content (AvgIpc) is 2.97. The topological polar surface area (TPSA) is 28.5 Å². The van der Waals surface area contributed by atoms with Crippen LogP contribution in [0.25, 0.3) is 27.7 Å². The Labute approximate surface area is 154 Å². The van der Waals surface area contributed by atoms with Gasteiger partial charge in [-0.2, -0.15) is 8.97 Å². The van der Waals surface area contributed by atoms with E-state index in [9.17, 15) is 5.11 Å². The van der Waals surface area contributed by atoms with Crippen molar-refractivity contribution in [2.75, 3.05) is 0 Å². The number of hydrogen-bond acceptors (Lipinski definition) is 1. The number of fused-ring (bicyclic) bond motifs is 2. The van der Waals surface area contributed by atoms with Crippen LogP contribution in [-0.2, 0) is 6.54 Å². The van der Waals surface area contributed by atoms with Crippen molar-refractivity contribution in [2.45, 2.75) is 39.2 Å². The molecule has 0 atom stereocenters. The van der Waals surface area contributed by atoms with Gasteiger partial charge in [0.2, 0.25) is 5.52 Å². The van der Waals surface area contributed by atoms with Gasteiger partial charge >= 0.3 is 5.88 Å². The fourth-order valence-electron chi connectivity index (χ4n) is 3.71. The van der Waals surface area contributed by atoms with Crippen molar-refractivity contribution in [3.8, 4) is 17.3 Å². The number of aromatic nitrogens is 2. The van der Waals surface area contributed by atoms with Crippen LogP contribution in [0, 0.1) is 0 Å². The van der Waals surface area contributed by atoms with E-state index in [-0.39, 0.29) is 0 Å². The minimum atomic E-state index is 0.352. The zero-order valence-corrected chi connectivity index (χ0v) is 15.2. The second-order valence-electron chi connectivity index (χ2n) is 6.88. The minimum absolute atomic E-state index is 0.352. The van der Waals surface area contributed by atoms with Crippen molar-refractivity contribution in [2.24, 2.45) is 0 Å². The molecule has 0 amide bonds. The highest BCUT2D eigenvalue weighted by molar-refractivity contribution is 5.86. The molecule has 1 N–H and O–H groups in total. The first-order valence-corrected chi connectivity index (χ1v) is 9.50. The molecule has 0 fully saturated rings. The molecule has 4 aromatic rings. The third-order valence-electron chi connectivity index (χ3n) is 5.07. The normalized spacial score (nSPS) is 11.4. The Kier molecular flexibility index (Phi) is 4.61. The lowest BCUT2D eigenvalue weighted by Gasteiger charge is -2.04. The molecular formula is C23H25N2O+. The fourth-order valence-corrected chi connectivity index (χ4v) is 3.71. The number of pyridine rings is 1. The van der Waals surface area contributed by atoms with Gasteiger partial charge in [0.1, 0.15) is 0 Å². The molecular weight excluding hydrogens is 320 g/mol. The van der Waals surface area contributed by atoms with E-state index in [2.05, 4.69) is 58.4 Å². The molecule has 0 saturated carbocycles. The summed E-state index contributed by atoms with van der Waals surface area (Å²) in [6.45, 7) is 3.05. The Morgan fingerprint density at radius 1 is 0.885 bits per heavy atom. The highest BCUT2D eigenvalue weighted by Crippen LogP contribution is 2.27. The van der Waals surface area contributed by atoms with Gasteiger partial charge in [0.05, 0.1) is 18.3 Å². The number of aromatic hydroxyl groups is 1. The maximum Gasteiger partial charge on any atom is 0.331 e. The molecule has 0 radical (unpaired) electrons. The SMILES string of the molecule is CCCCCC[n+]1c(O)c2ccccn2c1-c1ccc2ccccc2c1. The van der Waals surface area contributed by atoms with Crippen LogP contribution in [0.15, 0.2) is 66.9 Å². The van der Waals surface area contributed by atoms with E-state index in [0.717, 1.165) is 29.9 Å². The van der Waals surface area contributed by atoms with E-state index >= 15 is 0 Å². The lowest BCUT2D eigenvalue weighted by molar-refractivity contribution is -0.690. The average molecular weight is 345 g/mol. The minimum Gasteiger partial charge on any atom is -0.475 e. The van der Waals surface area contributed by atoms with Crippen LogP contribution >= 0.6 is 0 Å². The third kappa shape index (κ3) is 2.94. The lowest BCUT2D eigenvalue weighted by Crippen LogP contribution is -2.34. The van der Waals surface area contributed by atoms with Crippen LogP contribution in [0.4, 0.5) is 0 Å². The lowest BCUT2D eigenvalue weighted by atomic mass is 10.1. The maximum absolute atomic E-state index is 10.8. The summed E-state index contributed by atoms with van der Waals surface area (Å²) in [6, 6.07) is 20.9. The summed E-state index contributed by atoms with van der Waals surface area (Å²) in [6.07, 6.45) is 6.74. The summed E-state index contributed by atoms with van der Waals surface area (Å²) in [7, 11) is 0. The smallest absolute Gasteiger partial charge is 0.331 e. The molecule has 0 aliphatic rings. The summed E-state index contributed by atoms with van der Waals surface area (Å²) in [4.78, 5) is 0. The molecule has 0 spiro atoms. The zero-order chi connectivity index (χ0) is 17.9. The molecule has 26 heavy (non-hydrogen) atoms. The largest absolute Gasteiger partial charge is 0.475 e. The van der Waals surface area contributed by atoms with Crippen molar-refractivity contribution < 1.29 is 9.67 Å². The maximum atomic E-state index is 10.8. The van der Waals surface area contributed by atoms with Gasteiger partial charge in [-0.1, -0.05) is 56.2 Å². The van der Waals surface area contributed by atoms with Crippen molar-refractivity contribution >= 4 is 16.3 Å². The van der Waals surface area contributed by atoms with Crippen LogP contribution in [0.2, 0.25) is 0 Å². The quantitative estimate of drug-likeness (QED) is 0.371. The number of benzene rings is 2. The van der Waals surface area contributed by atoms with Crippen LogP contribution in [0.5, 0.6) is 5.88 Å². The van der Waals surface area contributed by atoms with E-state index in [0.29, 0.717) is 5.88 Å². The Morgan fingerprint density at radius 2 is 1.69 bits per heavy atom. The molecule has 2 aromatic heterocycles. The summed E-state index contributed by atoms with van der Waals surface area (Å²) in [5.41, 5.74) is 1.98. The molecule has 4 rings (SSSR count). The molecule has 0 aliphatic heterocycles. The fraction of sp³-hybridized carbons (Fsp3) is 0.261. The second-order valence-corrected chi connectivity index (χ2v) is 6.88. The first-order valence-electron chi connectivity index (χ1n) is 9.50. The number of hydrogen-bond donors (Lipinski definition) is 1. The van der Waals surface area contributed by atoms with Crippen molar-refractivity contribution in [1.29, 1.82) is 0 Å². The summed E-state index contributed by atoms with van der Waals surface area (Å²) in [5.74, 6) is 1.39. The Hall–Kier alpha value is -2.81. The Balaban J connectivity index is 1.85. The predicted octanol–water partition coefficient (Wildman–Crippen LogP) is 5.33. The number of nitrogens with zero attached hydrogens (tertiary/aromatic N) is 2. The van der Waals surface area contributed by atoms with E-state index in [4.69, 9.17) is 0 Å². The van der Waals surface area contributed by atoms with Gasteiger partial charge in [0, 0.05) is 0 Å². The summed E-state index contributed by atoms with van der Waals surface area (Å²) >= 11 is 0. The Bertz CT molecular complexity index is 1050. The molecule has 3 heteroatoms. The van der Waals surface area contributed by atoms with Gasteiger partial charge in [-0.3, -0.25) is 0 Å². The van der Waals surface area contributed by atoms with Crippen LogP contribution < -0.4 is 4.57 Å². The number of rotatable bonds is 6. The first-order chi connectivity index (χ1) is 12.8. The van der Waals surface area contributed by atoms with Gasteiger partial charge in [-0.05, 0) is 47.9 Å². The second kappa shape index (κ2) is 7.20. The van der Waals surface area contributed by atoms with Gasteiger partial charge in [0.15, 0.2) is 0 Å². The molecule has 3 nitrogen and oxygen atoms in total. The van der Waals surface area contributed by atoms with Crippen LogP contribution in [0.3, 0.4) is 0 Å². The highest BCUT2D eigenvalue weighted by Gasteiger charge is 2.26. The monoisotopic (exact) mass is 345 g/mol. The molecule has 132 valence electrons. The van der Waals surface area contributed by atoms with E-state index in [1.165, 1.54) is 30.0 Å². The van der Waals surface area contributed by atoms with Crippen molar-refractivity contribution in [1.82, 2.24) is 4.40 Å². The van der Waals surface area contributed by atoms with Gasteiger partial charge < -0.3 is 5.11 Å². The predicted molar refractivity (Wildman–Crippen MR) is 106 cm³/mol. The first kappa shape index (κ1) is 16.6. The third-order valence-corrected chi connectivity index (χ3v) is 5.07. The van der Waals surface area contributed by atoms with Gasteiger partial charge in [-0.15, -0.1) is 0 Å². The molecule has 2 aromatic carbocycles. The van der Waals surface area contributed by atoms with E-state index < -0.39 is 0 Å².